The van der Waals surface area contributed by atoms with Crippen molar-refractivity contribution in [3.8, 4) is 0 Å². The number of aromatic nitrogens is 1. The van der Waals surface area contributed by atoms with Gasteiger partial charge in [0.05, 0.1) is 6.10 Å². The van der Waals surface area contributed by atoms with Gasteiger partial charge in [-0.15, -0.1) is 22.9 Å². The van der Waals surface area contributed by atoms with Crippen LogP contribution in [0.3, 0.4) is 0 Å². The van der Waals surface area contributed by atoms with Crippen LogP contribution in [0.2, 0.25) is 0 Å². The molecule has 2 heterocycles. The number of aliphatic hydroxyl groups excluding tert-OH is 1. The first-order chi connectivity index (χ1) is 12.9. The summed E-state index contributed by atoms with van der Waals surface area (Å²) in [7, 11) is 0. The van der Waals surface area contributed by atoms with Crippen LogP contribution in [0, 0.1) is 18.8 Å². The fraction of sp³-hybridized carbons (Fsp3) is 0.429. The molecule has 0 aromatic carbocycles. The number of aryl methyl sites for hydroxylation is 2. The molecule has 0 bridgehead atoms. The second kappa shape index (κ2) is 9.00. The van der Waals surface area contributed by atoms with Gasteiger partial charge >= 0.3 is 5.97 Å². The number of hydrogen-bond donors (Lipinski definition) is 2. The van der Waals surface area contributed by atoms with Crippen molar-refractivity contribution in [1.82, 2.24) is 4.98 Å². The molecule has 1 fully saturated rings. The van der Waals surface area contributed by atoms with E-state index in [2.05, 4.69) is 11.1 Å². The van der Waals surface area contributed by atoms with Gasteiger partial charge in [0.2, 0.25) is 0 Å². The number of alkyl halides is 1. The number of hydrogen-bond acceptors (Lipinski definition) is 4. The van der Waals surface area contributed by atoms with Crippen molar-refractivity contribution in [1.29, 1.82) is 0 Å². The highest BCUT2D eigenvalue weighted by molar-refractivity contribution is 7.13. The fourth-order valence-corrected chi connectivity index (χ4v) is 5.04. The summed E-state index contributed by atoms with van der Waals surface area (Å²) >= 11 is 7.85. The van der Waals surface area contributed by atoms with E-state index < -0.39 is 12.1 Å². The molecule has 4 atom stereocenters. The van der Waals surface area contributed by atoms with Crippen LogP contribution in [0.4, 0.5) is 0 Å². The lowest BCUT2D eigenvalue weighted by Gasteiger charge is -2.20. The van der Waals surface area contributed by atoms with Gasteiger partial charge in [0.1, 0.15) is 4.88 Å². The molecule has 0 aliphatic heterocycles. The molecule has 4 nitrogen and oxygen atoms in total. The van der Waals surface area contributed by atoms with Crippen LogP contribution in [0.1, 0.15) is 45.1 Å². The number of thiophene rings is 1. The van der Waals surface area contributed by atoms with Crippen molar-refractivity contribution in [2.45, 2.75) is 44.1 Å². The average Bonchev–Trinajstić information content (AvgIpc) is 3.20. The van der Waals surface area contributed by atoms with Crippen molar-refractivity contribution in [3.05, 3.63) is 57.6 Å². The van der Waals surface area contributed by atoms with Crippen molar-refractivity contribution in [3.63, 3.8) is 0 Å². The van der Waals surface area contributed by atoms with Crippen LogP contribution >= 0.6 is 22.9 Å². The Morgan fingerprint density at radius 3 is 2.85 bits per heavy atom. The van der Waals surface area contributed by atoms with E-state index in [9.17, 15) is 9.90 Å². The topological polar surface area (TPSA) is 70.4 Å². The monoisotopic (exact) mass is 405 g/mol. The molecule has 0 unspecified atom stereocenters. The van der Waals surface area contributed by atoms with E-state index in [0.29, 0.717) is 11.3 Å². The van der Waals surface area contributed by atoms with Gasteiger partial charge in [-0.05, 0) is 62.3 Å². The van der Waals surface area contributed by atoms with Gasteiger partial charge in [0, 0.05) is 28.1 Å². The van der Waals surface area contributed by atoms with Crippen LogP contribution in [-0.2, 0) is 6.42 Å². The number of nitrogens with zero attached hydrogens (tertiary/aromatic N) is 1. The summed E-state index contributed by atoms with van der Waals surface area (Å²) < 4.78 is 0. The fourth-order valence-electron chi connectivity index (χ4n) is 3.67. The summed E-state index contributed by atoms with van der Waals surface area (Å²) in [6, 6.07) is 7.54. The lowest BCUT2D eigenvalue weighted by molar-refractivity contribution is 0.0702. The smallest absolute Gasteiger partial charge is 0.345 e. The minimum atomic E-state index is -0.873. The molecule has 0 radical (unpaired) electrons. The first-order valence-electron chi connectivity index (χ1n) is 9.19. The number of pyridine rings is 1. The first-order valence-corrected chi connectivity index (χ1v) is 10.4. The Kier molecular flexibility index (Phi) is 6.68. The second-order valence-electron chi connectivity index (χ2n) is 7.12. The Hall–Kier alpha value is -1.69. The highest BCUT2D eigenvalue weighted by Crippen LogP contribution is 2.40. The molecule has 1 saturated carbocycles. The van der Waals surface area contributed by atoms with Crippen molar-refractivity contribution in [2.75, 3.05) is 0 Å². The lowest BCUT2D eigenvalue weighted by atomic mass is 9.89. The summed E-state index contributed by atoms with van der Waals surface area (Å²) in [6.45, 7) is 1.95. The SMILES string of the molecule is Cc1ccc(C=C[C@@H]2[C@@H](CCCc3ccc(C(=O)O)s3)[C@H](Cl)C[C@H]2O)cn1. The van der Waals surface area contributed by atoms with Crippen LogP contribution in [0.25, 0.3) is 6.08 Å². The van der Waals surface area contributed by atoms with Gasteiger partial charge in [-0.25, -0.2) is 4.79 Å². The number of carboxylic acids is 1. The minimum Gasteiger partial charge on any atom is -0.477 e. The maximum absolute atomic E-state index is 11.0. The van der Waals surface area contributed by atoms with Gasteiger partial charge in [0.25, 0.3) is 0 Å². The van der Waals surface area contributed by atoms with Gasteiger partial charge in [-0.3, -0.25) is 4.98 Å². The third kappa shape index (κ3) is 5.18. The summed E-state index contributed by atoms with van der Waals surface area (Å²) in [5.41, 5.74) is 2.00. The highest BCUT2D eigenvalue weighted by Gasteiger charge is 2.39. The Morgan fingerprint density at radius 1 is 1.37 bits per heavy atom. The molecular weight excluding hydrogens is 382 g/mol. The van der Waals surface area contributed by atoms with Crippen molar-refractivity contribution >= 4 is 35.0 Å². The Bertz CT molecular complexity index is 802. The standard InChI is InChI=1S/C21H24ClNO3S/c1-13-5-6-14(12-23-13)7-9-17-16(18(22)11-19(17)24)4-2-3-15-8-10-20(27-15)21(25)26/h5-10,12,16-19,24H,2-4,11H2,1H3,(H,25,26)/t16-,17-,18-,19-/m1/s1. The molecule has 2 aromatic heterocycles. The molecule has 1 aliphatic rings. The molecule has 2 aromatic rings. The van der Waals surface area contributed by atoms with E-state index >= 15 is 0 Å². The normalized spacial score (nSPS) is 25.3. The van der Waals surface area contributed by atoms with Crippen LogP contribution in [-0.4, -0.2) is 32.6 Å². The third-order valence-electron chi connectivity index (χ3n) is 5.15. The summed E-state index contributed by atoms with van der Waals surface area (Å²) in [6.07, 6.45) is 8.77. The van der Waals surface area contributed by atoms with Gasteiger partial charge in [-0.1, -0.05) is 18.2 Å². The minimum absolute atomic E-state index is 0.0340. The van der Waals surface area contributed by atoms with E-state index in [0.717, 1.165) is 35.4 Å². The summed E-state index contributed by atoms with van der Waals surface area (Å²) in [5.74, 6) is -0.622. The first kappa shape index (κ1) is 20.1. The molecule has 1 aliphatic carbocycles. The largest absolute Gasteiger partial charge is 0.477 e. The van der Waals surface area contributed by atoms with E-state index in [4.69, 9.17) is 16.7 Å². The van der Waals surface area contributed by atoms with E-state index in [1.54, 1.807) is 6.07 Å². The second-order valence-corrected chi connectivity index (χ2v) is 8.84. The molecule has 0 spiro atoms. The number of carboxylic acid groups (broad SMARTS) is 1. The zero-order valence-electron chi connectivity index (χ0n) is 15.2. The van der Waals surface area contributed by atoms with E-state index in [-0.39, 0.29) is 17.2 Å². The number of halogens is 1. The van der Waals surface area contributed by atoms with Crippen LogP contribution < -0.4 is 0 Å². The Labute approximate surface area is 168 Å². The van der Waals surface area contributed by atoms with Gasteiger partial charge in [0.15, 0.2) is 0 Å². The molecule has 27 heavy (non-hydrogen) atoms. The van der Waals surface area contributed by atoms with Crippen LogP contribution in [0.15, 0.2) is 36.5 Å². The van der Waals surface area contributed by atoms with E-state index in [1.165, 1.54) is 11.3 Å². The number of carbonyl (C=O) groups is 1. The zero-order chi connectivity index (χ0) is 19.4. The van der Waals surface area contributed by atoms with Crippen molar-refractivity contribution in [2.24, 2.45) is 11.8 Å². The number of aliphatic hydroxyl groups is 1. The number of aromatic carboxylic acids is 1. The summed E-state index contributed by atoms with van der Waals surface area (Å²) in [5, 5.41) is 19.4. The van der Waals surface area contributed by atoms with Gasteiger partial charge in [-0.2, -0.15) is 0 Å². The molecular formula is C21H24ClNO3S. The maximum Gasteiger partial charge on any atom is 0.345 e. The lowest BCUT2D eigenvalue weighted by Crippen LogP contribution is -2.18. The number of rotatable bonds is 7. The maximum atomic E-state index is 11.0. The Morgan fingerprint density at radius 2 is 2.19 bits per heavy atom. The molecule has 0 saturated heterocycles. The third-order valence-corrected chi connectivity index (χ3v) is 6.78. The zero-order valence-corrected chi connectivity index (χ0v) is 16.8. The molecule has 2 N–H and O–H groups in total. The Balaban J connectivity index is 1.59. The van der Waals surface area contributed by atoms with Crippen molar-refractivity contribution < 1.29 is 15.0 Å². The predicted molar refractivity (Wildman–Crippen MR) is 109 cm³/mol. The molecule has 144 valence electrons. The molecule has 6 heteroatoms. The molecule has 3 rings (SSSR count). The van der Waals surface area contributed by atoms with Gasteiger partial charge < -0.3 is 10.2 Å². The quantitative estimate of drug-likeness (QED) is 0.649. The summed E-state index contributed by atoms with van der Waals surface area (Å²) in [4.78, 5) is 16.7. The van der Waals surface area contributed by atoms with E-state index in [1.807, 2.05) is 37.4 Å². The molecule has 0 amide bonds. The highest BCUT2D eigenvalue weighted by atomic mass is 35.5. The van der Waals surface area contributed by atoms with Crippen LogP contribution in [0.5, 0.6) is 0 Å². The average molecular weight is 406 g/mol. The predicted octanol–water partition coefficient (Wildman–Crippen LogP) is 4.79.